The van der Waals surface area contributed by atoms with E-state index in [9.17, 15) is 20.4 Å². The highest BCUT2D eigenvalue weighted by Crippen LogP contribution is 2.32. The minimum absolute atomic E-state index is 0.109. The molecule has 1 fully saturated rings. The number of aliphatic hydroxyl groups is 3. The quantitative estimate of drug-likeness (QED) is 0.430. The second kappa shape index (κ2) is 6.50. The van der Waals surface area contributed by atoms with Gasteiger partial charge in [0.15, 0.2) is 23.2 Å². The van der Waals surface area contributed by atoms with Crippen molar-refractivity contribution >= 4 is 22.7 Å². The summed E-state index contributed by atoms with van der Waals surface area (Å²) >= 11 is 0. The van der Waals surface area contributed by atoms with Gasteiger partial charge in [0.2, 0.25) is 0 Å². The number of phenolic OH excluding ortho intramolecular Hbond substituents is 1. The van der Waals surface area contributed by atoms with E-state index in [4.69, 9.17) is 4.74 Å². The fourth-order valence-corrected chi connectivity index (χ4v) is 2.96. The SMILES string of the molecule is OCC1OC(n2cnc3c(Nc4cccc(O)c4)ncnc32)C(O)C1O. The van der Waals surface area contributed by atoms with Crippen LogP contribution in [0, 0.1) is 0 Å². The molecule has 2 aromatic heterocycles. The highest BCUT2D eigenvalue weighted by molar-refractivity contribution is 5.85. The van der Waals surface area contributed by atoms with Crippen LogP contribution in [0.2, 0.25) is 0 Å². The maximum atomic E-state index is 10.2. The van der Waals surface area contributed by atoms with Crippen LogP contribution in [0.15, 0.2) is 36.9 Å². The van der Waals surface area contributed by atoms with Crippen molar-refractivity contribution in [3.05, 3.63) is 36.9 Å². The molecule has 10 nitrogen and oxygen atoms in total. The van der Waals surface area contributed by atoms with E-state index >= 15 is 0 Å². The summed E-state index contributed by atoms with van der Waals surface area (Å²) in [6.07, 6.45) is -1.52. The Kier molecular flexibility index (Phi) is 4.17. The lowest BCUT2D eigenvalue weighted by molar-refractivity contribution is -0.0511. The Labute approximate surface area is 147 Å². The van der Waals surface area contributed by atoms with Gasteiger partial charge in [-0.25, -0.2) is 15.0 Å². The minimum Gasteiger partial charge on any atom is -0.508 e. The Morgan fingerprint density at radius 2 is 2.00 bits per heavy atom. The lowest BCUT2D eigenvalue weighted by Gasteiger charge is -2.16. The average molecular weight is 359 g/mol. The molecule has 3 aromatic rings. The summed E-state index contributed by atoms with van der Waals surface area (Å²) < 4.78 is 7.00. The third kappa shape index (κ3) is 2.74. The number of benzene rings is 1. The van der Waals surface area contributed by atoms with E-state index in [1.165, 1.54) is 23.3 Å². The van der Waals surface area contributed by atoms with E-state index in [-0.39, 0.29) is 5.75 Å². The zero-order chi connectivity index (χ0) is 18.3. The molecule has 3 heterocycles. The molecular formula is C16H17N5O5. The molecule has 0 aliphatic carbocycles. The van der Waals surface area contributed by atoms with Gasteiger partial charge in [-0.15, -0.1) is 0 Å². The van der Waals surface area contributed by atoms with Crippen LogP contribution in [0.3, 0.4) is 0 Å². The summed E-state index contributed by atoms with van der Waals surface area (Å²) in [5, 5.41) is 42.0. The number of rotatable bonds is 4. The molecule has 0 amide bonds. The van der Waals surface area contributed by atoms with Crippen LogP contribution in [0.25, 0.3) is 11.2 Å². The Bertz CT molecular complexity index is 932. The molecule has 4 atom stereocenters. The van der Waals surface area contributed by atoms with Crippen molar-refractivity contribution in [3.63, 3.8) is 0 Å². The summed E-state index contributed by atoms with van der Waals surface area (Å²) in [6, 6.07) is 6.54. The van der Waals surface area contributed by atoms with Gasteiger partial charge in [-0.1, -0.05) is 6.07 Å². The van der Waals surface area contributed by atoms with Crippen LogP contribution in [-0.4, -0.2) is 64.9 Å². The smallest absolute Gasteiger partial charge is 0.167 e. The number of aromatic hydroxyl groups is 1. The number of hydrogen-bond donors (Lipinski definition) is 5. The molecule has 0 bridgehead atoms. The number of nitrogens with one attached hydrogen (secondary N) is 1. The molecule has 26 heavy (non-hydrogen) atoms. The van der Waals surface area contributed by atoms with E-state index in [1.807, 2.05) is 0 Å². The van der Waals surface area contributed by atoms with Gasteiger partial charge in [0, 0.05) is 11.8 Å². The Morgan fingerprint density at radius 1 is 1.15 bits per heavy atom. The third-order valence-corrected chi connectivity index (χ3v) is 4.26. The summed E-state index contributed by atoms with van der Waals surface area (Å²) in [6.45, 7) is -0.416. The number of ether oxygens (including phenoxy) is 1. The van der Waals surface area contributed by atoms with Crippen LogP contribution in [0.4, 0.5) is 11.5 Å². The summed E-state index contributed by atoms with van der Waals surface area (Å²) in [4.78, 5) is 12.6. The second-order valence-electron chi connectivity index (χ2n) is 5.95. The number of aliphatic hydroxyl groups excluding tert-OH is 3. The van der Waals surface area contributed by atoms with Crippen LogP contribution in [-0.2, 0) is 4.74 Å². The average Bonchev–Trinajstić information content (AvgIpc) is 3.18. The normalized spacial score (nSPS) is 25.7. The lowest BCUT2D eigenvalue weighted by atomic mass is 10.1. The van der Waals surface area contributed by atoms with Gasteiger partial charge < -0.3 is 30.5 Å². The third-order valence-electron chi connectivity index (χ3n) is 4.26. The summed E-state index contributed by atoms with van der Waals surface area (Å²) in [5.41, 5.74) is 1.43. The standard InChI is InChI=1S/C16H17N5O5/c22-5-10-12(24)13(25)16(26-10)21-7-19-11-14(17-6-18-15(11)21)20-8-2-1-3-9(23)4-8/h1-4,6-7,10,12-13,16,22-25H,5H2,(H,17,18,20). The van der Waals surface area contributed by atoms with Crippen LogP contribution in [0.1, 0.15) is 6.23 Å². The predicted molar refractivity (Wildman–Crippen MR) is 89.7 cm³/mol. The number of fused-ring (bicyclic) bond motifs is 1. The largest absolute Gasteiger partial charge is 0.508 e. The van der Waals surface area contributed by atoms with Gasteiger partial charge in [-0.05, 0) is 12.1 Å². The lowest BCUT2D eigenvalue weighted by Crippen LogP contribution is -2.33. The van der Waals surface area contributed by atoms with Gasteiger partial charge in [-0.2, -0.15) is 0 Å². The molecule has 0 spiro atoms. The molecule has 1 aromatic carbocycles. The van der Waals surface area contributed by atoms with Crippen molar-refractivity contribution in [2.24, 2.45) is 0 Å². The zero-order valence-electron chi connectivity index (χ0n) is 13.5. The van der Waals surface area contributed by atoms with Crippen molar-refractivity contribution < 1.29 is 25.2 Å². The first-order chi connectivity index (χ1) is 12.6. The van der Waals surface area contributed by atoms with E-state index in [0.717, 1.165) is 0 Å². The first-order valence-electron chi connectivity index (χ1n) is 7.94. The number of aromatic nitrogens is 4. The molecule has 4 unspecified atom stereocenters. The molecule has 10 heteroatoms. The Morgan fingerprint density at radius 3 is 2.73 bits per heavy atom. The second-order valence-corrected chi connectivity index (χ2v) is 5.95. The first-order valence-corrected chi connectivity index (χ1v) is 7.94. The molecule has 1 saturated heterocycles. The first kappa shape index (κ1) is 16.7. The van der Waals surface area contributed by atoms with Crippen LogP contribution < -0.4 is 5.32 Å². The number of phenols is 1. The van der Waals surface area contributed by atoms with Crippen molar-refractivity contribution in [3.8, 4) is 5.75 Å². The van der Waals surface area contributed by atoms with Crippen molar-refractivity contribution in [1.29, 1.82) is 0 Å². The summed E-state index contributed by atoms with van der Waals surface area (Å²) in [7, 11) is 0. The molecule has 136 valence electrons. The fourth-order valence-electron chi connectivity index (χ4n) is 2.96. The monoisotopic (exact) mass is 359 g/mol. The van der Waals surface area contributed by atoms with E-state index < -0.39 is 31.1 Å². The van der Waals surface area contributed by atoms with Gasteiger partial charge in [0.1, 0.15) is 30.4 Å². The van der Waals surface area contributed by atoms with Gasteiger partial charge in [0.05, 0.1) is 12.9 Å². The van der Waals surface area contributed by atoms with Gasteiger partial charge >= 0.3 is 0 Å². The fraction of sp³-hybridized carbons (Fsp3) is 0.312. The molecule has 1 aliphatic heterocycles. The molecule has 4 rings (SSSR count). The van der Waals surface area contributed by atoms with Gasteiger partial charge in [0.25, 0.3) is 0 Å². The van der Waals surface area contributed by atoms with Crippen LogP contribution >= 0.6 is 0 Å². The molecule has 1 aliphatic rings. The minimum atomic E-state index is -1.23. The zero-order valence-corrected chi connectivity index (χ0v) is 13.5. The van der Waals surface area contributed by atoms with E-state index in [2.05, 4.69) is 20.3 Å². The van der Waals surface area contributed by atoms with Crippen molar-refractivity contribution in [1.82, 2.24) is 19.5 Å². The van der Waals surface area contributed by atoms with E-state index in [0.29, 0.717) is 22.7 Å². The van der Waals surface area contributed by atoms with E-state index in [1.54, 1.807) is 18.2 Å². The maximum Gasteiger partial charge on any atom is 0.167 e. The van der Waals surface area contributed by atoms with Crippen molar-refractivity contribution in [2.75, 3.05) is 11.9 Å². The predicted octanol–water partition coefficient (Wildman–Crippen LogP) is -0.113. The number of nitrogens with zero attached hydrogens (tertiary/aromatic N) is 4. The maximum absolute atomic E-state index is 10.2. The molecule has 5 N–H and O–H groups in total. The number of anilines is 2. The number of imidazole rings is 1. The van der Waals surface area contributed by atoms with Crippen molar-refractivity contribution in [2.45, 2.75) is 24.5 Å². The highest BCUT2D eigenvalue weighted by atomic mass is 16.6. The van der Waals surface area contributed by atoms with Gasteiger partial charge in [-0.3, -0.25) is 4.57 Å². The van der Waals surface area contributed by atoms with Crippen LogP contribution in [0.5, 0.6) is 5.75 Å². The molecule has 0 saturated carbocycles. The Hall–Kier alpha value is -2.79. The summed E-state index contributed by atoms with van der Waals surface area (Å²) in [5.74, 6) is 0.517. The topological polar surface area (TPSA) is 146 Å². The molecule has 0 radical (unpaired) electrons. The Balaban J connectivity index is 1.69. The number of hydrogen-bond acceptors (Lipinski definition) is 9. The molecular weight excluding hydrogens is 342 g/mol. The highest BCUT2D eigenvalue weighted by Gasteiger charge is 2.44.